The molecule has 0 aliphatic heterocycles. The number of nitrogens with one attached hydrogen (secondary N) is 1. The van der Waals surface area contributed by atoms with Crippen LogP contribution in [-0.4, -0.2) is 15.9 Å². The number of hydrogen-bond donors (Lipinski definition) is 1. The SMILES string of the molecule is O=[N+]([O-])c1ccc(NC2CC2)cn1. The number of anilines is 1. The van der Waals surface area contributed by atoms with Crippen molar-refractivity contribution in [2.45, 2.75) is 18.9 Å². The van der Waals surface area contributed by atoms with Crippen molar-refractivity contribution in [3.8, 4) is 0 Å². The van der Waals surface area contributed by atoms with Crippen LogP contribution in [0.2, 0.25) is 0 Å². The first-order chi connectivity index (χ1) is 6.25. The van der Waals surface area contributed by atoms with Gasteiger partial charge in [0.2, 0.25) is 0 Å². The van der Waals surface area contributed by atoms with Crippen LogP contribution in [0.25, 0.3) is 0 Å². The van der Waals surface area contributed by atoms with Crippen molar-refractivity contribution in [1.82, 2.24) is 4.98 Å². The largest absolute Gasteiger partial charge is 0.379 e. The molecule has 0 spiro atoms. The minimum atomic E-state index is -0.499. The average Bonchev–Trinajstić information content (AvgIpc) is 2.89. The smallest absolute Gasteiger partial charge is 0.363 e. The Balaban J connectivity index is 2.08. The number of hydrogen-bond acceptors (Lipinski definition) is 4. The maximum atomic E-state index is 10.3. The summed E-state index contributed by atoms with van der Waals surface area (Å²) in [7, 11) is 0. The van der Waals surface area contributed by atoms with Crippen molar-refractivity contribution in [2.24, 2.45) is 0 Å². The maximum absolute atomic E-state index is 10.3. The fourth-order valence-electron chi connectivity index (χ4n) is 1.04. The molecular weight excluding hydrogens is 170 g/mol. The van der Waals surface area contributed by atoms with E-state index >= 15 is 0 Å². The topological polar surface area (TPSA) is 68.1 Å². The highest BCUT2D eigenvalue weighted by Crippen LogP contribution is 2.24. The van der Waals surface area contributed by atoms with E-state index in [0.29, 0.717) is 6.04 Å². The van der Waals surface area contributed by atoms with Crippen molar-refractivity contribution < 1.29 is 4.92 Å². The quantitative estimate of drug-likeness (QED) is 0.564. The zero-order valence-electron chi connectivity index (χ0n) is 6.93. The van der Waals surface area contributed by atoms with Crippen LogP contribution in [-0.2, 0) is 0 Å². The normalized spacial score (nSPS) is 15.4. The molecule has 5 heteroatoms. The lowest BCUT2D eigenvalue weighted by atomic mass is 10.4. The van der Waals surface area contributed by atoms with E-state index in [1.165, 1.54) is 25.1 Å². The second-order valence-electron chi connectivity index (χ2n) is 3.08. The number of pyridine rings is 1. The van der Waals surface area contributed by atoms with Crippen LogP contribution in [0.5, 0.6) is 0 Å². The van der Waals surface area contributed by atoms with Gasteiger partial charge in [0.1, 0.15) is 0 Å². The highest BCUT2D eigenvalue weighted by Gasteiger charge is 2.21. The maximum Gasteiger partial charge on any atom is 0.363 e. The summed E-state index contributed by atoms with van der Waals surface area (Å²) in [5.41, 5.74) is 0.855. The first-order valence-electron chi connectivity index (χ1n) is 4.13. The molecule has 0 unspecified atom stereocenters. The molecule has 1 aromatic heterocycles. The molecule has 1 saturated carbocycles. The third kappa shape index (κ3) is 1.93. The number of aromatic nitrogens is 1. The molecule has 13 heavy (non-hydrogen) atoms. The predicted molar refractivity (Wildman–Crippen MR) is 47.5 cm³/mol. The zero-order valence-corrected chi connectivity index (χ0v) is 6.93. The van der Waals surface area contributed by atoms with E-state index in [0.717, 1.165) is 5.69 Å². The number of nitrogens with zero attached hydrogens (tertiary/aromatic N) is 2. The van der Waals surface area contributed by atoms with Crippen molar-refractivity contribution >= 4 is 11.5 Å². The van der Waals surface area contributed by atoms with E-state index in [-0.39, 0.29) is 5.82 Å². The summed E-state index contributed by atoms with van der Waals surface area (Å²) in [4.78, 5) is 13.5. The summed E-state index contributed by atoms with van der Waals surface area (Å²) in [5, 5.41) is 13.5. The molecule has 68 valence electrons. The Hall–Kier alpha value is -1.65. The molecule has 0 atom stereocenters. The molecule has 2 rings (SSSR count). The fraction of sp³-hybridized carbons (Fsp3) is 0.375. The van der Waals surface area contributed by atoms with Gasteiger partial charge in [-0.05, 0) is 28.8 Å². The van der Waals surface area contributed by atoms with Crippen LogP contribution in [0, 0.1) is 10.1 Å². The van der Waals surface area contributed by atoms with Crippen LogP contribution < -0.4 is 5.32 Å². The summed E-state index contributed by atoms with van der Waals surface area (Å²) < 4.78 is 0. The van der Waals surface area contributed by atoms with Crippen molar-refractivity contribution in [3.05, 3.63) is 28.4 Å². The van der Waals surface area contributed by atoms with Crippen molar-refractivity contribution in [1.29, 1.82) is 0 Å². The van der Waals surface area contributed by atoms with Gasteiger partial charge in [0.25, 0.3) is 0 Å². The van der Waals surface area contributed by atoms with Crippen molar-refractivity contribution in [2.75, 3.05) is 5.32 Å². The predicted octanol–water partition coefficient (Wildman–Crippen LogP) is 1.56. The lowest BCUT2D eigenvalue weighted by Crippen LogP contribution is -2.01. The summed E-state index contributed by atoms with van der Waals surface area (Å²) in [5.74, 6) is -0.110. The van der Waals surface area contributed by atoms with E-state index in [1.54, 1.807) is 6.07 Å². The monoisotopic (exact) mass is 179 g/mol. The van der Waals surface area contributed by atoms with Gasteiger partial charge < -0.3 is 15.4 Å². The third-order valence-electron chi connectivity index (χ3n) is 1.88. The Kier molecular flexibility index (Phi) is 1.84. The molecular formula is C8H9N3O2. The molecule has 1 N–H and O–H groups in total. The second kappa shape index (κ2) is 3.01. The van der Waals surface area contributed by atoms with Gasteiger partial charge in [0.15, 0.2) is 6.20 Å². The first-order valence-corrected chi connectivity index (χ1v) is 4.13. The van der Waals surface area contributed by atoms with E-state index < -0.39 is 4.92 Å². The van der Waals surface area contributed by atoms with E-state index in [1.807, 2.05) is 0 Å². The van der Waals surface area contributed by atoms with Gasteiger partial charge in [0.05, 0.1) is 5.69 Å². The standard InChI is InChI=1S/C8H9N3O2/c12-11(13)8-4-3-7(5-9-8)10-6-1-2-6/h3-6,10H,1-2H2. The fourth-order valence-corrected chi connectivity index (χ4v) is 1.04. The van der Waals surface area contributed by atoms with E-state index in [9.17, 15) is 10.1 Å². The van der Waals surface area contributed by atoms with Crippen LogP contribution in [0.3, 0.4) is 0 Å². The van der Waals surface area contributed by atoms with Gasteiger partial charge in [-0.2, -0.15) is 0 Å². The first kappa shape index (κ1) is 7.97. The molecule has 0 radical (unpaired) electrons. The van der Waals surface area contributed by atoms with Gasteiger partial charge in [-0.3, -0.25) is 0 Å². The Bertz CT molecular complexity index is 319. The summed E-state index contributed by atoms with van der Waals surface area (Å²) in [6, 6.07) is 3.64. The number of nitro groups is 1. The van der Waals surface area contributed by atoms with Crippen molar-refractivity contribution in [3.63, 3.8) is 0 Å². The van der Waals surface area contributed by atoms with Gasteiger partial charge in [-0.1, -0.05) is 0 Å². The molecule has 5 nitrogen and oxygen atoms in total. The van der Waals surface area contributed by atoms with Gasteiger partial charge in [-0.25, -0.2) is 0 Å². The molecule has 0 aromatic carbocycles. The highest BCUT2D eigenvalue weighted by atomic mass is 16.6. The minimum absolute atomic E-state index is 0.110. The van der Waals surface area contributed by atoms with E-state index in [4.69, 9.17) is 0 Å². The third-order valence-corrected chi connectivity index (χ3v) is 1.88. The molecule has 1 aliphatic rings. The lowest BCUT2D eigenvalue weighted by molar-refractivity contribution is -0.389. The molecule has 1 aliphatic carbocycles. The molecule has 0 amide bonds. The number of rotatable bonds is 3. The van der Waals surface area contributed by atoms with Crippen LogP contribution in [0.15, 0.2) is 18.3 Å². The van der Waals surface area contributed by atoms with Gasteiger partial charge in [-0.15, -0.1) is 0 Å². The Morgan fingerprint density at radius 3 is 2.77 bits per heavy atom. The molecule has 1 heterocycles. The summed E-state index contributed by atoms with van der Waals surface area (Å²) >= 11 is 0. The molecule has 0 saturated heterocycles. The van der Waals surface area contributed by atoms with Gasteiger partial charge in [0, 0.05) is 12.1 Å². The summed E-state index contributed by atoms with van der Waals surface area (Å²) in [6.45, 7) is 0. The van der Waals surface area contributed by atoms with E-state index in [2.05, 4.69) is 10.3 Å². The van der Waals surface area contributed by atoms with Crippen LogP contribution in [0.1, 0.15) is 12.8 Å². The van der Waals surface area contributed by atoms with Crippen LogP contribution >= 0.6 is 0 Å². The molecule has 0 bridgehead atoms. The average molecular weight is 179 g/mol. The van der Waals surface area contributed by atoms with Crippen LogP contribution in [0.4, 0.5) is 11.5 Å². The second-order valence-corrected chi connectivity index (χ2v) is 3.08. The minimum Gasteiger partial charge on any atom is -0.379 e. The Morgan fingerprint density at radius 1 is 1.54 bits per heavy atom. The Morgan fingerprint density at radius 2 is 2.31 bits per heavy atom. The molecule has 1 aromatic rings. The molecule has 1 fully saturated rings. The summed E-state index contributed by atoms with van der Waals surface area (Å²) in [6.07, 6.45) is 3.85. The zero-order chi connectivity index (χ0) is 9.26. The van der Waals surface area contributed by atoms with Gasteiger partial charge >= 0.3 is 5.82 Å². The highest BCUT2D eigenvalue weighted by molar-refractivity contribution is 5.45. The lowest BCUT2D eigenvalue weighted by Gasteiger charge is -2.00. The Labute approximate surface area is 74.9 Å².